The van der Waals surface area contributed by atoms with Gasteiger partial charge in [-0.1, -0.05) is 18.2 Å². The fourth-order valence-electron chi connectivity index (χ4n) is 2.95. The van der Waals surface area contributed by atoms with Crippen LogP contribution in [0.5, 0.6) is 17.2 Å². The maximum atomic E-state index is 12.6. The van der Waals surface area contributed by atoms with E-state index in [9.17, 15) is 8.42 Å². The van der Waals surface area contributed by atoms with Crippen molar-refractivity contribution in [3.05, 3.63) is 60.2 Å². The van der Waals surface area contributed by atoms with Gasteiger partial charge >= 0.3 is 0 Å². The Kier molecular flexibility index (Phi) is 6.06. The van der Waals surface area contributed by atoms with Crippen molar-refractivity contribution >= 4 is 20.8 Å². The predicted octanol–water partition coefficient (Wildman–Crippen LogP) is 3.39. The van der Waals surface area contributed by atoms with Gasteiger partial charge in [-0.3, -0.25) is 0 Å². The lowest BCUT2D eigenvalue weighted by molar-refractivity contribution is 0.354. The summed E-state index contributed by atoms with van der Waals surface area (Å²) in [5.41, 5.74) is 0.950. The van der Waals surface area contributed by atoms with Crippen molar-refractivity contribution in [1.82, 2.24) is 4.72 Å². The average Bonchev–Trinajstić information content (AvgIpc) is 2.72. The monoisotopic (exact) mass is 401 g/mol. The van der Waals surface area contributed by atoms with Crippen LogP contribution in [0.3, 0.4) is 0 Å². The molecule has 148 valence electrons. The lowest BCUT2D eigenvalue weighted by atomic mass is 10.1. The first-order valence-corrected chi connectivity index (χ1v) is 10.2. The van der Waals surface area contributed by atoms with Gasteiger partial charge in [-0.2, -0.15) is 0 Å². The Balaban J connectivity index is 1.71. The average molecular weight is 401 g/mol. The van der Waals surface area contributed by atoms with Crippen LogP contribution in [-0.4, -0.2) is 36.3 Å². The summed E-state index contributed by atoms with van der Waals surface area (Å²) >= 11 is 0. The maximum Gasteiger partial charge on any atom is 0.240 e. The molecule has 0 aromatic heterocycles. The van der Waals surface area contributed by atoms with Crippen LogP contribution < -0.4 is 18.9 Å². The summed E-state index contributed by atoms with van der Waals surface area (Å²) in [6.45, 7) is 0.276. The maximum absolute atomic E-state index is 12.6. The third-order valence-electron chi connectivity index (χ3n) is 4.48. The molecule has 0 atom stereocenters. The molecule has 3 aromatic rings. The second-order valence-corrected chi connectivity index (χ2v) is 7.98. The Morgan fingerprint density at radius 3 is 2.21 bits per heavy atom. The zero-order valence-corrected chi connectivity index (χ0v) is 16.9. The van der Waals surface area contributed by atoms with E-state index >= 15 is 0 Å². The number of methoxy groups -OCH3 is 3. The van der Waals surface area contributed by atoms with Crippen molar-refractivity contribution in [2.24, 2.45) is 0 Å². The van der Waals surface area contributed by atoms with Gasteiger partial charge in [0, 0.05) is 6.54 Å². The van der Waals surface area contributed by atoms with Gasteiger partial charge in [0.25, 0.3) is 0 Å². The molecule has 3 aromatic carbocycles. The van der Waals surface area contributed by atoms with Gasteiger partial charge in [0.15, 0.2) is 11.5 Å². The van der Waals surface area contributed by atoms with E-state index in [1.807, 2.05) is 30.3 Å². The van der Waals surface area contributed by atoms with Gasteiger partial charge in [-0.05, 0) is 59.2 Å². The van der Waals surface area contributed by atoms with Gasteiger partial charge in [0.1, 0.15) is 5.75 Å². The molecule has 0 aliphatic heterocycles. The molecule has 0 heterocycles. The molecular weight excluding hydrogens is 378 g/mol. The van der Waals surface area contributed by atoms with Gasteiger partial charge < -0.3 is 14.2 Å². The van der Waals surface area contributed by atoms with E-state index in [2.05, 4.69) is 4.72 Å². The predicted molar refractivity (Wildman–Crippen MR) is 109 cm³/mol. The fourth-order valence-corrected chi connectivity index (χ4v) is 4.01. The van der Waals surface area contributed by atoms with Crippen molar-refractivity contribution in [3.8, 4) is 17.2 Å². The quantitative estimate of drug-likeness (QED) is 0.626. The number of rotatable bonds is 8. The molecule has 0 aliphatic rings. The van der Waals surface area contributed by atoms with Crippen molar-refractivity contribution in [2.75, 3.05) is 27.9 Å². The largest absolute Gasteiger partial charge is 0.497 e. The minimum atomic E-state index is -3.60. The Labute approximate surface area is 165 Å². The number of nitrogens with one attached hydrogen (secondary N) is 1. The summed E-state index contributed by atoms with van der Waals surface area (Å²) in [7, 11) is 1.14. The highest BCUT2D eigenvalue weighted by molar-refractivity contribution is 7.89. The molecule has 7 heteroatoms. The van der Waals surface area contributed by atoms with Crippen molar-refractivity contribution in [1.29, 1.82) is 0 Å². The van der Waals surface area contributed by atoms with Crippen LogP contribution in [0.15, 0.2) is 59.5 Å². The second kappa shape index (κ2) is 8.50. The van der Waals surface area contributed by atoms with E-state index in [1.54, 1.807) is 45.6 Å². The van der Waals surface area contributed by atoms with E-state index in [1.165, 1.54) is 0 Å². The van der Waals surface area contributed by atoms with Crippen molar-refractivity contribution in [2.45, 2.75) is 11.3 Å². The molecule has 0 spiro atoms. The van der Waals surface area contributed by atoms with Crippen LogP contribution in [0.2, 0.25) is 0 Å². The summed E-state index contributed by atoms with van der Waals surface area (Å²) in [6, 6.07) is 16.1. The molecular formula is C21H23NO5S. The summed E-state index contributed by atoms with van der Waals surface area (Å²) in [5.74, 6) is 1.99. The summed E-state index contributed by atoms with van der Waals surface area (Å²) in [6.07, 6.45) is 0.532. The van der Waals surface area contributed by atoms with E-state index in [-0.39, 0.29) is 11.4 Å². The number of hydrogen-bond donors (Lipinski definition) is 1. The molecule has 6 nitrogen and oxygen atoms in total. The molecule has 0 saturated heterocycles. The van der Waals surface area contributed by atoms with Crippen LogP contribution in [0.25, 0.3) is 10.8 Å². The molecule has 28 heavy (non-hydrogen) atoms. The molecule has 3 rings (SSSR count). The van der Waals surface area contributed by atoms with Crippen LogP contribution >= 0.6 is 0 Å². The normalized spacial score (nSPS) is 11.4. The number of hydrogen-bond acceptors (Lipinski definition) is 5. The first-order valence-electron chi connectivity index (χ1n) is 8.75. The third-order valence-corrected chi connectivity index (χ3v) is 5.94. The van der Waals surface area contributed by atoms with Crippen LogP contribution in [0.4, 0.5) is 0 Å². The number of fused-ring (bicyclic) bond motifs is 1. The first kappa shape index (κ1) is 20.0. The molecule has 0 unspecified atom stereocenters. The van der Waals surface area contributed by atoms with Crippen LogP contribution in [0.1, 0.15) is 5.56 Å². The van der Waals surface area contributed by atoms with Crippen LogP contribution in [0, 0.1) is 0 Å². The Morgan fingerprint density at radius 2 is 1.50 bits per heavy atom. The lowest BCUT2D eigenvalue weighted by Gasteiger charge is -2.11. The highest BCUT2D eigenvalue weighted by Crippen LogP contribution is 2.28. The van der Waals surface area contributed by atoms with E-state index in [0.29, 0.717) is 17.9 Å². The van der Waals surface area contributed by atoms with Crippen molar-refractivity contribution < 1.29 is 22.6 Å². The smallest absolute Gasteiger partial charge is 0.240 e. The van der Waals surface area contributed by atoms with Crippen LogP contribution in [-0.2, 0) is 16.4 Å². The minimum absolute atomic E-state index is 0.234. The van der Waals surface area contributed by atoms with Crippen molar-refractivity contribution in [3.63, 3.8) is 0 Å². The zero-order valence-electron chi connectivity index (χ0n) is 16.1. The molecule has 0 bridgehead atoms. The SMILES string of the molecule is COc1ccc2cc(S(=O)(=O)NCCc3ccc(OC)c(OC)c3)ccc2c1. The highest BCUT2D eigenvalue weighted by Gasteiger charge is 2.14. The van der Waals surface area contributed by atoms with Gasteiger partial charge in [-0.15, -0.1) is 0 Å². The topological polar surface area (TPSA) is 73.9 Å². The molecule has 1 N–H and O–H groups in total. The van der Waals surface area contributed by atoms with E-state index in [4.69, 9.17) is 14.2 Å². The lowest BCUT2D eigenvalue weighted by Crippen LogP contribution is -2.26. The highest BCUT2D eigenvalue weighted by atomic mass is 32.2. The van der Waals surface area contributed by atoms with Gasteiger partial charge in [-0.25, -0.2) is 13.1 Å². The minimum Gasteiger partial charge on any atom is -0.497 e. The molecule has 0 saturated carbocycles. The van der Waals surface area contributed by atoms with Gasteiger partial charge in [0.2, 0.25) is 10.0 Å². The Hall–Kier alpha value is -2.77. The Morgan fingerprint density at radius 1 is 0.786 bits per heavy atom. The third kappa shape index (κ3) is 4.37. The molecule has 0 aliphatic carbocycles. The summed E-state index contributed by atoms with van der Waals surface area (Å²) in [5, 5.41) is 1.76. The summed E-state index contributed by atoms with van der Waals surface area (Å²) in [4.78, 5) is 0.234. The van der Waals surface area contributed by atoms with E-state index < -0.39 is 10.0 Å². The van der Waals surface area contributed by atoms with Gasteiger partial charge in [0.05, 0.1) is 26.2 Å². The number of sulfonamides is 1. The fraction of sp³-hybridized carbons (Fsp3) is 0.238. The Bertz CT molecular complexity index is 1080. The standard InChI is InChI=1S/C21H23NO5S/c1-25-18-7-5-17-14-19(8-6-16(17)13-18)28(23,24)22-11-10-15-4-9-20(26-2)21(12-15)27-3/h4-9,12-14,22H,10-11H2,1-3H3. The zero-order chi connectivity index (χ0) is 20.1. The molecule has 0 radical (unpaired) electrons. The second-order valence-electron chi connectivity index (χ2n) is 6.21. The van der Waals surface area contributed by atoms with E-state index in [0.717, 1.165) is 22.1 Å². The molecule has 0 amide bonds. The summed E-state index contributed by atoms with van der Waals surface area (Å²) < 4.78 is 43.6. The number of benzene rings is 3. The molecule has 0 fully saturated rings. The number of ether oxygens (including phenoxy) is 3. The first-order chi connectivity index (χ1) is 13.5.